The minimum atomic E-state index is -6.09. The predicted molar refractivity (Wildman–Crippen MR) is 153 cm³/mol. The minimum absolute atomic E-state index is 0. The first-order chi connectivity index (χ1) is 17.2. The molecule has 39 heavy (non-hydrogen) atoms. The molecule has 2 rings (SSSR count). The van der Waals surface area contributed by atoms with Crippen LogP contribution >= 0.6 is 9.69 Å². The average molecular weight is 1000 g/mol. The molecule has 0 heterocycles. The van der Waals surface area contributed by atoms with Crippen molar-refractivity contribution in [1.82, 2.24) is 0 Å². The maximum absolute atomic E-state index is 10.7. The smallest absolute Gasteiger partial charge is 1.00 e. The van der Waals surface area contributed by atoms with Gasteiger partial charge in [-0.2, -0.15) is 13.2 Å². The molecular formula is C26H45ClF3O4Ru2STe2+. The molecule has 234 valence electrons. The zero-order valence-corrected chi connectivity index (χ0v) is 34.8. The van der Waals surface area contributed by atoms with Crippen molar-refractivity contribution in [2.24, 2.45) is 0 Å². The molecule has 0 saturated heterocycles. The summed E-state index contributed by atoms with van der Waals surface area (Å²) in [7, 11) is -0.271. The van der Waals surface area contributed by atoms with E-state index in [0.29, 0.717) is 0 Å². The molecule has 2 fully saturated rings. The van der Waals surface area contributed by atoms with Gasteiger partial charge in [-0.25, -0.2) is 8.42 Å². The van der Waals surface area contributed by atoms with Crippen molar-refractivity contribution in [3.63, 3.8) is 0 Å². The van der Waals surface area contributed by atoms with Gasteiger partial charge in [0.15, 0.2) is 10.1 Å². The molecule has 2 saturated carbocycles. The zero-order valence-electron chi connectivity index (χ0n) is 25.1. The average Bonchev–Trinajstić information content (AvgIpc) is 3.12. The summed E-state index contributed by atoms with van der Waals surface area (Å²) >= 11 is 5.96. The molecule has 0 aliphatic heterocycles. The van der Waals surface area contributed by atoms with Gasteiger partial charge < -0.3 is 9.66 Å². The van der Waals surface area contributed by atoms with Gasteiger partial charge >= 0.3 is 119 Å². The largest absolute Gasteiger partial charge is 1.00 e. The van der Waals surface area contributed by atoms with Crippen LogP contribution < -0.4 is 0 Å². The van der Waals surface area contributed by atoms with Crippen molar-refractivity contribution < 1.29 is 68.0 Å². The van der Waals surface area contributed by atoms with Crippen LogP contribution in [0.3, 0.4) is 0 Å². The van der Waals surface area contributed by atoms with E-state index in [0.717, 1.165) is 0 Å². The summed E-state index contributed by atoms with van der Waals surface area (Å²) in [5.41, 5.74) is -5.65. The van der Waals surface area contributed by atoms with E-state index in [-0.39, 0.29) is 19.5 Å². The van der Waals surface area contributed by atoms with Crippen molar-refractivity contribution in [2.75, 3.05) is 7.11 Å². The second kappa shape index (κ2) is 29.5. The Labute approximate surface area is 293 Å². The summed E-state index contributed by atoms with van der Waals surface area (Å²) in [5, 5.41) is 5.75. The van der Waals surface area contributed by atoms with Crippen LogP contribution in [0.5, 0.6) is 0 Å². The third kappa shape index (κ3) is 22.9. The third-order valence-corrected chi connectivity index (χ3v) is 6.48. The number of alkyl halides is 3. The van der Waals surface area contributed by atoms with Crippen molar-refractivity contribution in [3.8, 4) is 0 Å². The van der Waals surface area contributed by atoms with E-state index in [2.05, 4.69) is 137 Å². The van der Waals surface area contributed by atoms with Gasteiger partial charge in [-0.1, -0.05) is 69.2 Å². The standard InChI is InChI=1S/2C10H15.2C2H5Te.CHF3O3S.CH4O.ClH.2Ru/c2*1-6-7(2)9(4)10(5)8(6)3;2*1-2-3;2-1(3,4)8(5,6)7;1-2;;;/h2*1-5H3;2*2H2,1H3;(H,5,6,7);2H,1H3;1H;;/q;;;;;;;2*+1/p-1. The second-order valence-electron chi connectivity index (χ2n) is 7.73. The summed E-state index contributed by atoms with van der Waals surface area (Å²) in [5.74, 6) is 14.7. The van der Waals surface area contributed by atoms with E-state index in [9.17, 15) is 13.2 Å². The molecule has 0 unspecified atom stereocenters. The van der Waals surface area contributed by atoms with Crippen LogP contribution in [-0.4, -0.2) is 75.3 Å². The van der Waals surface area contributed by atoms with Crippen LogP contribution in [0.2, 0.25) is 8.94 Å². The maximum Gasteiger partial charge on any atom is 1.00 e. The third-order valence-electron chi connectivity index (χ3n) is 5.91. The normalized spacial score (nSPS) is 18.7. The van der Waals surface area contributed by atoms with Gasteiger partial charge in [0.25, 0.3) is 0 Å². The second-order valence-corrected chi connectivity index (χ2v) is 12.4. The molecule has 13 heteroatoms. The van der Waals surface area contributed by atoms with Gasteiger partial charge in [0.2, 0.25) is 0 Å². The molecule has 2 aliphatic carbocycles. The van der Waals surface area contributed by atoms with Crippen LogP contribution in [0.25, 0.3) is 0 Å². The zero-order chi connectivity index (χ0) is 32.2. The molecular weight excluding hydrogens is 958 g/mol. The number of hydrogen-bond donors (Lipinski definition) is 0. The number of rotatable bonds is 0. The molecule has 0 bridgehead atoms. The fourth-order valence-electron chi connectivity index (χ4n) is 2.81. The summed E-state index contributed by atoms with van der Waals surface area (Å²) in [6, 6.07) is 0. The Bertz CT molecular complexity index is 517. The molecule has 0 spiro atoms. The van der Waals surface area contributed by atoms with Gasteiger partial charge in [-0.05, 0) is 59.2 Å². The van der Waals surface area contributed by atoms with Gasteiger partial charge in [0, 0.05) is 0 Å². The van der Waals surface area contributed by atoms with E-state index in [4.69, 9.17) is 18.1 Å². The molecule has 13 radical (unpaired) electrons. The fourth-order valence-corrected chi connectivity index (χ4v) is 2.81. The van der Waals surface area contributed by atoms with Crippen LogP contribution in [0, 0.1) is 59.2 Å². The van der Waals surface area contributed by atoms with Gasteiger partial charge in [-0.3, -0.25) is 0 Å². The van der Waals surface area contributed by atoms with Gasteiger partial charge in [-0.15, -0.1) is 0 Å². The SMILES string of the molecule is CC[Te].CC[Te].C[C]1[C](C)[C](C)[C](C)[C]1C.C[C]1[C](C)[C](C)[C](C)[C]1C.C[OH2+].O=S(=O)([O-])C(F)(F)F.[Cl][Ru].[Ru+]. The monoisotopic (exact) mass is 1010 g/mol. The van der Waals surface area contributed by atoms with Crippen molar-refractivity contribution >= 4 is 64.4 Å². The Morgan fingerprint density at radius 1 is 0.641 bits per heavy atom. The van der Waals surface area contributed by atoms with Crippen molar-refractivity contribution in [3.05, 3.63) is 59.2 Å². The van der Waals surface area contributed by atoms with E-state index >= 15 is 0 Å². The van der Waals surface area contributed by atoms with E-state index in [1.54, 1.807) is 0 Å². The first kappa shape index (κ1) is 54.3. The first-order valence-electron chi connectivity index (χ1n) is 11.4. The minimum Gasteiger partial charge on any atom is 1.00 e. The van der Waals surface area contributed by atoms with Crippen molar-refractivity contribution in [1.29, 1.82) is 0 Å². The molecule has 0 amide bonds. The number of hydrogen-bond acceptors (Lipinski definition) is 3. The fraction of sp³-hybridized carbons (Fsp3) is 0.615. The molecule has 2 aliphatic rings. The molecule has 0 aromatic carbocycles. The van der Waals surface area contributed by atoms with Crippen LogP contribution in [0.1, 0.15) is 83.1 Å². The summed E-state index contributed by atoms with van der Waals surface area (Å²) < 4.78 is 61.4. The van der Waals surface area contributed by atoms with Crippen LogP contribution in [0.15, 0.2) is 0 Å². The molecule has 2 N–H and O–H groups in total. The van der Waals surface area contributed by atoms with Gasteiger partial charge in [0.1, 0.15) is 7.11 Å². The molecule has 0 atom stereocenters. The Morgan fingerprint density at radius 2 is 0.692 bits per heavy atom. The molecule has 0 aromatic rings. The van der Waals surface area contributed by atoms with Crippen molar-refractivity contribution in [2.45, 2.75) is 97.5 Å². The Hall–Kier alpha value is 2.78. The Kier molecular flexibility index (Phi) is 41.0. The Morgan fingerprint density at radius 3 is 0.718 bits per heavy atom. The number of halogens is 4. The Balaban J connectivity index is -0.0000000892. The quantitative estimate of drug-likeness (QED) is 0.112. The van der Waals surface area contributed by atoms with Crippen LogP contribution in [-0.2, 0) is 46.9 Å². The van der Waals surface area contributed by atoms with Gasteiger partial charge in [0.05, 0.1) is 0 Å². The molecule has 4 nitrogen and oxygen atoms in total. The maximum atomic E-state index is 10.7. The van der Waals surface area contributed by atoms with Crippen LogP contribution in [0.4, 0.5) is 13.2 Å². The van der Waals surface area contributed by atoms with E-state index < -0.39 is 15.6 Å². The summed E-state index contributed by atoms with van der Waals surface area (Å²) in [6.45, 7) is 26.2. The first-order valence-corrected chi connectivity index (χ1v) is 18.3. The predicted octanol–water partition coefficient (Wildman–Crippen LogP) is 7.21. The van der Waals surface area contributed by atoms with E-state index in [1.807, 2.05) is 17.3 Å². The topological polar surface area (TPSA) is 80.1 Å². The van der Waals surface area contributed by atoms with E-state index in [1.165, 1.54) is 75.2 Å². The molecule has 0 aromatic heterocycles. The summed E-state index contributed by atoms with van der Waals surface area (Å²) in [4.78, 5) is 0. The summed E-state index contributed by atoms with van der Waals surface area (Å²) in [6.07, 6.45) is 0.